The second kappa shape index (κ2) is 6.86. The van der Waals surface area contributed by atoms with E-state index in [1.807, 2.05) is 12.1 Å². The molecule has 0 unspecified atom stereocenters. The van der Waals surface area contributed by atoms with Crippen LogP contribution >= 0.6 is 0 Å². The fraction of sp³-hybridized carbons (Fsp3) is 0.500. The van der Waals surface area contributed by atoms with Crippen LogP contribution in [0.4, 0.5) is 5.69 Å². The molecule has 96 valence electrons. The molecule has 0 amide bonds. The molecule has 0 aromatic heterocycles. The minimum absolute atomic E-state index is 0.571. The fourth-order valence-electron chi connectivity index (χ4n) is 1.80. The maximum Gasteiger partial charge on any atom is 0.119 e. The van der Waals surface area contributed by atoms with Gasteiger partial charge in [0.15, 0.2) is 0 Å². The predicted octanol–water partition coefficient (Wildman–Crippen LogP) is 2.34. The molecular weight excluding hydrogens is 232 g/mol. The van der Waals surface area contributed by atoms with Gasteiger partial charge in [0.25, 0.3) is 0 Å². The molecule has 0 radical (unpaired) electrons. The van der Waals surface area contributed by atoms with Gasteiger partial charge in [-0.15, -0.1) is 0 Å². The van der Waals surface area contributed by atoms with Crippen molar-refractivity contribution < 1.29 is 9.47 Å². The number of ether oxygens (including phenoxy) is 2. The molecule has 1 heterocycles. The molecule has 1 aliphatic heterocycles. The van der Waals surface area contributed by atoms with Crippen molar-refractivity contribution >= 4 is 5.69 Å². The first kappa shape index (κ1) is 12.7. The van der Waals surface area contributed by atoms with E-state index in [-0.39, 0.29) is 0 Å². The van der Waals surface area contributed by atoms with Crippen molar-refractivity contribution in [2.24, 2.45) is 5.11 Å². The Morgan fingerprint density at radius 2 is 2.22 bits per heavy atom. The number of nitrogens with zero attached hydrogens (tertiary/aromatic N) is 4. The SMILES string of the molecule is [N-]=[N+]=Nc1cccc(OCCN2CCOCC2)c1. The number of azide groups is 1. The van der Waals surface area contributed by atoms with Crippen molar-refractivity contribution in [2.75, 3.05) is 39.5 Å². The zero-order valence-electron chi connectivity index (χ0n) is 10.2. The molecule has 0 aliphatic carbocycles. The summed E-state index contributed by atoms with van der Waals surface area (Å²) >= 11 is 0. The van der Waals surface area contributed by atoms with Crippen LogP contribution in [0.5, 0.6) is 5.75 Å². The summed E-state index contributed by atoms with van der Waals surface area (Å²) in [4.78, 5) is 5.05. The highest BCUT2D eigenvalue weighted by Gasteiger charge is 2.09. The minimum atomic E-state index is 0.571. The van der Waals surface area contributed by atoms with E-state index in [2.05, 4.69) is 14.9 Å². The van der Waals surface area contributed by atoms with Crippen molar-refractivity contribution in [3.05, 3.63) is 34.7 Å². The highest BCUT2D eigenvalue weighted by Crippen LogP contribution is 2.19. The zero-order valence-corrected chi connectivity index (χ0v) is 10.2. The Hall–Kier alpha value is -1.75. The standard InChI is InChI=1S/C12H16N4O2/c13-15-14-11-2-1-3-12(10-11)18-9-6-16-4-7-17-8-5-16/h1-3,10H,4-9H2. The van der Waals surface area contributed by atoms with Gasteiger partial charge in [-0.05, 0) is 17.7 Å². The summed E-state index contributed by atoms with van der Waals surface area (Å²) in [5.74, 6) is 0.730. The molecule has 6 heteroatoms. The average molecular weight is 248 g/mol. The van der Waals surface area contributed by atoms with Gasteiger partial charge in [0, 0.05) is 30.2 Å². The van der Waals surface area contributed by atoms with Gasteiger partial charge >= 0.3 is 0 Å². The van der Waals surface area contributed by atoms with Crippen molar-refractivity contribution in [3.8, 4) is 5.75 Å². The first-order valence-corrected chi connectivity index (χ1v) is 5.96. The second-order valence-electron chi connectivity index (χ2n) is 3.99. The smallest absolute Gasteiger partial charge is 0.119 e. The summed E-state index contributed by atoms with van der Waals surface area (Å²) in [6.45, 7) is 5.03. The lowest BCUT2D eigenvalue weighted by atomic mass is 10.3. The highest BCUT2D eigenvalue weighted by molar-refractivity contribution is 5.42. The van der Waals surface area contributed by atoms with Crippen molar-refractivity contribution in [1.29, 1.82) is 0 Å². The highest BCUT2D eigenvalue weighted by atomic mass is 16.5. The molecule has 2 rings (SSSR count). The van der Waals surface area contributed by atoms with Gasteiger partial charge in [-0.25, -0.2) is 0 Å². The Labute approximate surface area is 106 Å². The van der Waals surface area contributed by atoms with E-state index in [4.69, 9.17) is 15.0 Å². The number of hydrogen-bond donors (Lipinski definition) is 0. The Balaban J connectivity index is 1.78. The van der Waals surface area contributed by atoms with Crippen LogP contribution in [0, 0.1) is 0 Å². The third kappa shape index (κ3) is 3.92. The van der Waals surface area contributed by atoms with Gasteiger partial charge in [-0.1, -0.05) is 17.2 Å². The number of rotatable bonds is 5. The molecule has 18 heavy (non-hydrogen) atoms. The lowest BCUT2D eigenvalue weighted by molar-refractivity contribution is 0.0322. The topological polar surface area (TPSA) is 70.5 Å². The third-order valence-corrected chi connectivity index (χ3v) is 2.76. The lowest BCUT2D eigenvalue weighted by Gasteiger charge is -2.26. The molecule has 1 aliphatic rings. The average Bonchev–Trinajstić information content (AvgIpc) is 2.41. The van der Waals surface area contributed by atoms with E-state index in [0.29, 0.717) is 12.3 Å². The molecule has 0 spiro atoms. The van der Waals surface area contributed by atoms with Crippen LogP contribution in [0.15, 0.2) is 29.4 Å². The number of hydrogen-bond acceptors (Lipinski definition) is 4. The van der Waals surface area contributed by atoms with Crippen LogP contribution < -0.4 is 4.74 Å². The van der Waals surface area contributed by atoms with Crippen LogP contribution in [0.25, 0.3) is 10.4 Å². The summed E-state index contributed by atoms with van der Waals surface area (Å²) < 4.78 is 10.9. The van der Waals surface area contributed by atoms with Crippen molar-refractivity contribution in [1.82, 2.24) is 4.90 Å². The molecule has 1 aromatic carbocycles. The molecule has 1 fully saturated rings. The number of benzene rings is 1. The normalized spacial score (nSPS) is 16.0. The molecule has 0 saturated carbocycles. The first-order valence-electron chi connectivity index (χ1n) is 5.96. The number of morpholine rings is 1. The van der Waals surface area contributed by atoms with E-state index < -0.39 is 0 Å². The van der Waals surface area contributed by atoms with Crippen LogP contribution in [-0.2, 0) is 4.74 Å². The Morgan fingerprint density at radius 3 is 3.00 bits per heavy atom. The molecule has 0 atom stereocenters. The molecule has 1 saturated heterocycles. The molecule has 0 bridgehead atoms. The quantitative estimate of drug-likeness (QED) is 0.456. The zero-order chi connectivity index (χ0) is 12.6. The van der Waals surface area contributed by atoms with Gasteiger partial charge in [-0.2, -0.15) is 0 Å². The molecular formula is C12H16N4O2. The lowest BCUT2D eigenvalue weighted by Crippen LogP contribution is -2.38. The van der Waals surface area contributed by atoms with Crippen molar-refractivity contribution in [2.45, 2.75) is 0 Å². The Bertz CT molecular complexity index is 426. The van der Waals surface area contributed by atoms with Gasteiger partial charge in [0.05, 0.1) is 13.2 Å². The first-order chi connectivity index (χ1) is 8.88. The van der Waals surface area contributed by atoms with Gasteiger partial charge in [0.1, 0.15) is 12.4 Å². The Morgan fingerprint density at radius 1 is 1.39 bits per heavy atom. The van der Waals surface area contributed by atoms with Crippen LogP contribution in [0.1, 0.15) is 0 Å². The van der Waals surface area contributed by atoms with Crippen LogP contribution in [0.2, 0.25) is 0 Å². The summed E-state index contributed by atoms with van der Waals surface area (Å²) in [6.07, 6.45) is 0. The predicted molar refractivity (Wildman–Crippen MR) is 68.0 cm³/mol. The Kier molecular flexibility index (Phi) is 4.84. The van der Waals surface area contributed by atoms with E-state index in [9.17, 15) is 0 Å². The van der Waals surface area contributed by atoms with Gasteiger partial charge in [-0.3, -0.25) is 4.90 Å². The minimum Gasteiger partial charge on any atom is -0.492 e. The monoisotopic (exact) mass is 248 g/mol. The van der Waals surface area contributed by atoms with Gasteiger partial charge in [0.2, 0.25) is 0 Å². The molecule has 6 nitrogen and oxygen atoms in total. The van der Waals surface area contributed by atoms with Gasteiger partial charge < -0.3 is 9.47 Å². The van der Waals surface area contributed by atoms with E-state index >= 15 is 0 Å². The maximum absolute atomic E-state index is 8.36. The summed E-state index contributed by atoms with van der Waals surface area (Å²) in [7, 11) is 0. The van der Waals surface area contributed by atoms with Crippen LogP contribution in [-0.4, -0.2) is 44.4 Å². The largest absolute Gasteiger partial charge is 0.492 e. The summed E-state index contributed by atoms with van der Waals surface area (Å²) in [6, 6.07) is 7.15. The van der Waals surface area contributed by atoms with E-state index in [1.165, 1.54) is 0 Å². The van der Waals surface area contributed by atoms with E-state index in [1.54, 1.807) is 12.1 Å². The molecule has 0 N–H and O–H groups in total. The summed E-state index contributed by atoms with van der Waals surface area (Å²) in [5, 5.41) is 3.54. The maximum atomic E-state index is 8.36. The second-order valence-corrected chi connectivity index (χ2v) is 3.99. The van der Waals surface area contributed by atoms with E-state index in [0.717, 1.165) is 38.6 Å². The van der Waals surface area contributed by atoms with Crippen LogP contribution in [0.3, 0.4) is 0 Å². The molecule has 1 aromatic rings. The van der Waals surface area contributed by atoms with Crippen molar-refractivity contribution in [3.63, 3.8) is 0 Å². The third-order valence-electron chi connectivity index (χ3n) is 2.76. The summed E-state index contributed by atoms with van der Waals surface area (Å²) in [5.41, 5.74) is 8.93. The fourth-order valence-corrected chi connectivity index (χ4v) is 1.80.